The highest BCUT2D eigenvalue weighted by Crippen LogP contribution is 2.38. The molecule has 4 rings (SSSR count). The summed E-state index contributed by atoms with van der Waals surface area (Å²) in [4.78, 5) is 17.1. The summed E-state index contributed by atoms with van der Waals surface area (Å²) in [6, 6.07) is 27.5. The molecule has 2 N–H and O–H groups in total. The number of rotatable bonds is 9. The number of nitrogens with zero attached hydrogens (tertiary/aromatic N) is 2. The van der Waals surface area contributed by atoms with E-state index in [2.05, 4.69) is 70.5 Å². The van der Waals surface area contributed by atoms with Crippen LogP contribution in [0.5, 0.6) is 0 Å². The van der Waals surface area contributed by atoms with E-state index < -0.39 is 8.07 Å². The number of hydrogen-bond acceptors (Lipinski definition) is 4. The fourth-order valence-electron chi connectivity index (χ4n) is 3.65. The summed E-state index contributed by atoms with van der Waals surface area (Å²) in [5.74, 6) is 0.293. The number of nitrogens with one attached hydrogen (secondary N) is 2. The van der Waals surface area contributed by atoms with Gasteiger partial charge in [0.2, 0.25) is 5.82 Å². The van der Waals surface area contributed by atoms with Gasteiger partial charge in [0.15, 0.2) is 5.82 Å². The predicted octanol–water partition coefficient (Wildman–Crippen LogP) is 5.85. The zero-order valence-corrected chi connectivity index (χ0v) is 20.8. The van der Waals surface area contributed by atoms with Crippen LogP contribution in [0.2, 0.25) is 25.7 Å². The molecule has 34 heavy (non-hydrogen) atoms. The lowest BCUT2D eigenvalue weighted by molar-refractivity contribution is 0.0806. The van der Waals surface area contributed by atoms with Gasteiger partial charge >= 0.3 is 0 Å². The van der Waals surface area contributed by atoms with Gasteiger partial charge in [0.25, 0.3) is 5.91 Å². The molecule has 0 radical (unpaired) electrons. The molecule has 1 aromatic heterocycles. The minimum Gasteiger partial charge on any atom is -0.362 e. The molecule has 0 fully saturated rings. The van der Waals surface area contributed by atoms with E-state index in [-0.39, 0.29) is 18.5 Å². The number of amides is 1. The predicted molar refractivity (Wildman–Crippen MR) is 139 cm³/mol. The molecule has 0 spiro atoms. The molecule has 0 unspecified atom stereocenters. The van der Waals surface area contributed by atoms with E-state index >= 15 is 0 Å². The Kier molecular flexibility index (Phi) is 7.35. The standard InChI is InChI=1S/C27H30N4O2Si/c1-34(2,3)18-17-33-19-28-27(32)26-29-25(30-31-26)23-16-10-15-22(20-11-6-4-7-12-20)24(23)21-13-8-5-9-14-21/h4-16H,17-19H2,1-3H3,(H,28,32)(H,29,30,31). The summed E-state index contributed by atoms with van der Waals surface area (Å²) in [7, 11) is -1.16. The van der Waals surface area contributed by atoms with Crippen molar-refractivity contribution in [1.29, 1.82) is 0 Å². The largest absolute Gasteiger partial charge is 0.362 e. The summed E-state index contributed by atoms with van der Waals surface area (Å²) >= 11 is 0. The highest BCUT2D eigenvalue weighted by Gasteiger charge is 2.19. The summed E-state index contributed by atoms with van der Waals surface area (Å²) in [5, 5.41) is 9.91. The first-order chi connectivity index (χ1) is 16.4. The van der Waals surface area contributed by atoms with Gasteiger partial charge in [0.05, 0.1) is 0 Å². The fourth-order valence-corrected chi connectivity index (χ4v) is 4.40. The van der Waals surface area contributed by atoms with Gasteiger partial charge in [-0.15, -0.1) is 0 Å². The van der Waals surface area contributed by atoms with Crippen LogP contribution >= 0.6 is 0 Å². The molecule has 0 aliphatic heterocycles. The Hall–Kier alpha value is -3.55. The number of carbonyl (C=O) groups is 1. The van der Waals surface area contributed by atoms with Gasteiger partial charge in [0.1, 0.15) is 6.73 Å². The Morgan fingerprint density at radius 1 is 0.882 bits per heavy atom. The summed E-state index contributed by atoms with van der Waals surface area (Å²) in [6.07, 6.45) is 0. The highest BCUT2D eigenvalue weighted by atomic mass is 28.3. The van der Waals surface area contributed by atoms with E-state index in [1.807, 2.05) is 48.5 Å². The Morgan fingerprint density at radius 2 is 1.53 bits per heavy atom. The maximum Gasteiger partial charge on any atom is 0.290 e. The van der Waals surface area contributed by atoms with Crippen LogP contribution in [0.3, 0.4) is 0 Å². The van der Waals surface area contributed by atoms with Gasteiger partial charge < -0.3 is 10.1 Å². The zero-order valence-electron chi connectivity index (χ0n) is 19.8. The van der Waals surface area contributed by atoms with Gasteiger partial charge in [-0.2, -0.15) is 5.10 Å². The molecule has 1 amide bonds. The van der Waals surface area contributed by atoms with E-state index in [1.165, 1.54) is 0 Å². The van der Waals surface area contributed by atoms with Crippen LogP contribution in [0.1, 0.15) is 10.6 Å². The average molecular weight is 471 g/mol. The van der Waals surface area contributed by atoms with E-state index in [1.54, 1.807) is 0 Å². The second-order valence-corrected chi connectivity index (χ2v) is 15.0. The molecular formula is C27H30N4O2Si. The van der Waals surface area contributed by atoms with Crippen LogP contribution in [0, 0.1) is 0 Å². The number of benzene rings is 3. The molecule has 174 valence electrons. The maximum atomic E-state index is 12.6. The van der Waals surface area contributed by atoms with Gasteiger partial charge in [-0.3, -0.25) is 9.89 Å². The first-order valence-electron chi connectivity index (χ1n) is 11.4. The molecule has 6 nitrogen and oxygen atoms in total. The minimum absolute atomic E-state index is 0.151. The Morgan fingerprint density at radius 3 is 2.21 bits per heavy atom. The third-order valence-corrected chi connectivity index (χ3v) is 7.19. The molecule has 7 heteroatoms. The topological polar surface area (TPSA) is 79.9 Å². The Labute approximate surface area is 201 Å². The van der Waals surface area contributed by atoms with Crippen LogP contribution in [-0.4, -0.2) is 42.5 Å². The molecule has 3 aromatic carbocycles. The Bertz CT molecular complexity index is 1230. The van der Waals surface area contributed by atoms with Crippen molar-refractivity contribution in [2.75, 3.05) is 13.3 Å². The molecule has 0 aliphatic rings. The maximum absolute atomic E-state index is 12.6. The van der Waals surface area contributed by atoms with Crippen LogP contribution < -0.4 is 5.32 Å². The molecule has 0 aliphatic carbocycles. The molecule has 0 atom stereocenters. The number of carbonyl (C=O) groups excluding carboxylic acids is 1. The SMILES string of the molecule is C[Si](C)(C)CCOCNC(=O)c1nc(-c2cccc(-c3ccccc3)c2-c2ccccc2)n[nH]1. The fraction of sp³-hybridized carbons (Fsp3) is 0.222. The van der Waals surface area contributed by atoms with E-state index in [4.69, 9.17) is 4.74 Å². The number of H-pyrrole nitrogens is 1. The van der Waals surface area contributed by atoms with Gasteiger partial charge in [-0.25, -0.2) is 4.98 Å². The monoisotopic (exact) mass is 470 g/mol. The lowest BCUT2D eigenvalue weighted by atomic mass is 9.90. The van der Waals surface area contributed by atoms with Gasteiger partial charge in [0, 0.05) is 25.8 Å². The minimum atomic E-state index is -1.16. The number of aromatic amines is 1. The van der Waals surface area contributed by atoms with E-state index in [0.717, 1.165) is 33.9 Å². The summed E-state index contributed by atoms with van der Waals surface area (Å²) in [5.41, 5.74) is 5.12. The van der Waals surface area contributed by atoms with Crippen molar-refractivity contribution in [2.45, 2.75) is 25.7 Å². The summed E-state index contributed by atoms with van der Waals surface area (Å²) in [6.45, 7) is 7.67. The molecular weight excluding hydrogens is 440 g/mol. The summed E-state index contributed by atoms with van der Waals surface area (Å²) < 4.78 is 5.58. The van der Waals surface area contributed by atoms with Crippen LogP contribution in [0.25, 0.3) is 33.6 Å². The van der Waals surface area contributed by atoms with Crippen molar-refractivity contribution in [1.82, 2.24) is 20.5 Å². The quantitative estimate of drug-likeness (QED) is 0.183. The second kappa shape index (κ2) is 10.6. The van der Waals surface area contributed by atoms with Crippen LogP contribution in [-0.2, 0) is 4.74 Å². The lowest BCUT2D eigenvalue weighted by Crippen LogP contribution is -2.29. The van der Waals surface area contributed by atoms with Gasteiger partial charge in [-0.1, -0.05) is 98.5 Å². The molecule has 4 aromatic rings. The second-order valence-electron chi connectivity index (χ2n) is 9.34. The Balaban J connectivity index is 1.59. The molecule has 1 heterocycles. The van der Waals surface area contributed by atoms with E-state index in [9.17, 15) is 4.79 Å². The third kappa shape index (κ3) is 5.87. The first kappa shape index (κ1) is 23.6. The third-order valence-electron chi connectivity index (χ3n) is 5.48. The normalized spacial score (nSPS) is 11.4. The van der Waals surface area contributed by atoms with Crippen molar-refractivity contribution in [3.63, 3.8) is 0 Å². The molecule has 0 saturated heterocycles. The van der Waals surface area contributed by atoms with Crippen molar-refractivity contribution >= 4 is 14.0 Å². The zero-order chi connectivity index (χ0) is 24.0. The smallest absolute Gasteiger partial charge is 0.290 e. The first-order valence-corrected chi connectivity index (χ1v) is 15.2. The molecule has 0 saturated carbocycles. The van der Waals surface area contributed by atoms with Crippen LogP contribution in [0.4, 0.5) is 0 Å². The highest BCUT2D eigenvalue weighted by molar-refractivity contribution is 6.76. The molecule has 0 bridgehead atoms. The van der Waals surface area contributed by atoms with Crippen LogP contribution in [0.15, 0.2) is 78.9 Å². The number of hydrogen-bond donors (Lipinski definition) is 2. The van der Waals surface area contributed by atoms with Crippen molar-refractivity contribution in [3.8, 4) is 33.6 Å². The number of ether oxygens (including phenoxy) is 1. The lowest BCUT2D eigenvalue weighted by Gasteiger charge is -2.15. The van der Waals surface area contributed by atoms with Crippen molar-refractivity contribution < 1.29 is 9.53 Å². The van der Waals surface area contributed by atoms with Gasteiger partial charge in [-0.05, 0) is 22.7 Å². The average Bonchev–Trinajstić information content (AvgIpc) is 3.34. The number of aromatic nitrogens is 3. The van der Waals surface area contributed by atoms with Crippen molar-refractivity contribution in [2.24, 2.45) is 0 Å². The van der Waals surface area contributed by atoms with E-state index in [0.29, 0.717) is 12.4 Å². The van der Waals surface area contributed by atoms with Crippen molar-refractivity contribution in [3.05, 3.63) is 84.7 Å².